The molecule has 19 heavy (non-hydrogen) atoms. The number of carbonyl (C=O) groups excluding carboxylic acids is 1. The van der Waals surface area contributed by atoms with Crippen LogP contribution >= 0.6 is 0 Å². The first-order chi connectivity index (χ1) is 9.01. The second kappa shape index (κ2) is 7.82. The van der Waals surface area contributed by atoms with Crippen LogP contribution in [0.3, 0.4) is 0 Å². The second-order valence-corrected chi connectivity index (χ2v) is 5.74. The number of nitrogens with two attached hydrogens (primary N) is 1. The molecular formula is C14H28N2O3. The molecule has 1 aliphatic carbocycles. The van der Waals surface area contributed by atoms with Gasteiger partial charge in [0, 0.05) is 32.2 Å². The van der Waals surface area contributed by atoms with Crippen molar-refractivity contribution in [3.8, 4) is 0 Å². The van der Waals surface area contributed by atoms with Gasteiger partial charge in [0.1, 0.15) is 0 Å². The molecule has 0 aromatic carbocycles. The molecule has 4 unspecified atom stereocenters. The van der Waals surface area contributed by atoms with E-state index in [-0.39, 0.29) is 24.5 Å². The number of nitrogens with zero attached hydrogens (tertiary/aromatic N) is 1. The monoisotopic (exact) mass is 272 g/mol. The molecule has 0 heterocycles. The van der Waals surface area contributed by atoms with E-state index in [9.17, 15) is 4.79 Å². The van der Waals surface area contributed by atoms with Crippen LogP contribution in [0.5, 0.6) is 0 Å². The normalized spacial score (nSPS) is 31.2. The molecule has 0 saturated heterocycles. The van der Waals surface area contributed by atoms with E-state index in [4.69, 9.17) is 15.6 Å². The zero-order valence-corrected chi connectivity index (χ0v) is 12.3. The molecule has 0 aliphatic heterocycles. The maximum absolute atomic E-state index is 12.6. The Kier molecular flexibility index (Phi) is 6.75. The number of methoxy groups -OCH3 is 1. The van der Waals surface area contributed by atoms with Crippen LogP contribution in [0, 0.1) is 17.8 Å². The van der Waals surface area contributed by atoms with Crippen LogP contribution in [0.25, 0.3) is 0 Å². The van der Waals surface area contributed by atoms with Crippen molar-refractivity contribution in [2.24, 2.45) is 23.5 Å². The number of ether oxygens (including phenoxy) is 1. The zero-order chi connectivity index (χ0) is 14.4. The quantitative estimate of drug-likeness (QED) is 0.736. The number of hydrogen-bond acceptors (Lipinski definition) is 4. The molecule has 1 amide bonds. The second-order valence-electron chi connectivity index (χ2n) is 5.74. The standard InChI is InChI=1S/C14H28N2O3/c1-10-8-11(2)13(15)9-12(10)14(18)16(4-6-17)5-7-19-3/h10-13,17H,4-9,15H2,1-3H3. The Bertz CT molecular complexity index is 286. The SMILES string of the molecule is COCCN(CCO)C(=O)C1CC(N)C(C)CC1C. The summed E-state index contributed by atoms with van der Waals surface area (Å²) in [5, 5.41) is 9.08. The summed E-state index contributed by atoms with van der Waals surface area (Å²) in [7, 11) is 1.61. The molecule has 1 fully saturated rings. The molecule has 1 rings (SSSR count). The lowest BCUT2D eigenvalue weighted by Crippen LogP contribution is -2.48. The van der Waals surface area contributed by atoms with E-state index in [1.165, 1.54) is 0 Å². The topological polar surface area (TPSA) is 75.8 Å². The molecular weight excluding hydrogens is 244 g/mol. The molecule has 1 aliphatic rings. The molecule has 0 aromatic rings. The van der Waals surface area contributed by atoms with E-state index < -0.39 is 0 Å². The van der Waals surface area contributed by atoms with Crippen molar-refractivity contribution >= 4 is 5.91 Å². The highest BCUT2D eigenvalue weighted by Crippen LogP contribution is 2.33. The highest BCUT2D eigenvalue weighted by molar-refractivity contribution is 5.79. The van der Waals surface area contributed by atoms with E-state index in [1.54, 1.807) is 12.0 Å². The van der Waals surface area contributed by atoms with E-state index in [0.29, 0.717) is 31.5 Å². The van der Waals surface area contributed by atoms with Gasteiger partial charge in [0.25, 0.3) is 0 Å². The Morgan fingerprint density at radius 1 is 1.32 bits per heavy atom. The number of rotatable bonds is 6. The van der Waals surface area contributed by atoms with Gasteiger partial charge < -0.3 is 20.5 Å². The predicted molar refractivity (Wildman–Crippen MR) is 74.6 cm³/mol. The maximum Gasteiger partial charge on any atom is 0.226 e. The van der Waals surface area contributed by atoms with Gasteiger partial charge in [0.05, 0.1) is 13.2 Å². The third kappa shape index (κ3) is 4.44. The van der Waals surface area contributed by atoms with Gasteiger partial charge in [-0.2, -0.15) is 0 Å². The first-order valence-electron chi connectivity index (χ1n) is 7.15. The third-order valence-corrected chi connectivity index (χ3v) is 4.25. The van der Waals surface area contributed by atoms with Crippen LogP contribution in [0.2, 0.25) is 0 Å². The van der Waals surface area contributed by atoms with Gasteiger partial charge in [-0.3, -0.25) is 4.79 Å². The summed E-state index contributed by atoms with van der Waals surface area (Å²) in [6.07, 6.45) is 1.74. The van der Waals surface area contributed by atoms with Gasteiger partial charge in [-0.05, 0) is 24.7 Å². The largest absolute Gasteiger partial charge is 0.395 e. The molecule has 5 heteroatoms. The Hall–Kier alpha value is -0.650. The fourth-order valence-corrected chi connectivity index (χ4v) is 2.92. The number of carbonyl (C=O) groups is 1. The lowest BCUT2D eigenvalue weighted by atomic mass is 9.72. The van der Waals surface area contributed by atoms with Crippen LogP contribution in [0.1, 0.15) is 26.7 Å². The lowest BCUT2D eigenvalue weighted by molar-refractivity contribution is -0.140. The molecule has 0 spiro atoms. The molecule has 0 aromatic heterocycles. The van der Waals surface area contributed by atoms with Crippen LogP contribution in [0.15, 0.2) is 0 Å². The minimum Gasteiger partial charge on any atom is -0.395 e. The van der Waals surface area contributed by atoms with Gasteiger partial charge in [0.15, 0.2) is 0 Å². The zero-order valence-electron chi connectivity index (χ0n) is 12.3. The van der Waals surface area contributed by atoms with Crippen LogP contribution in [0.4, 0.5) is 0 Å². The van der Waals surface area contributed by atoms with Crippen LogP contribution in [-0.4, -0.2) is 55.4 Å². The Balaban J connectivity index is 2.66. The number of amides is 1. The number of hydrogen-bond donors (Lipinski definition) is 2. The van der Waals surface area contributed by atoms with Crippen molar-refractivity contribution in [2.75, 3.05) is 33.4 Å². The van der Waals surface area contributed by atoms with E-state index in [1.807, 2.05) is 0 Å². The lowest BCUT2D eigenvalue weighted by Gasteiger charge is -2.38. The highest BCUT2D eigenvalue weighted by atomic mass is 16.5. The van der Waals surface area contributed by atoms with Crippen molar-refractivity contribution in [3.05, 3.63) is 0 Å². The number of aliphatic hydroxyl groups is 1. The summed E-state index contributed by atoms with van der Waals surface area (Å²) in [5.74, 6) is 0.922. The average Bonchev–Trinajstić information content (AvgIpc) is 2.38. The Morgan fingerprint density at radius 3 is 2.58 bits per heavy atom. The summed E-state index contributed by atoms with van der Waals surface area (Å²) < 4.78 is 5.02. The Labute approximate surface area is 116 Å². The van der Waals surface area contributed by atoms with Crippen molar-refractivity contribution in [3.63, 3.8) is 0 Å². The van der Waals surface area contributed by atoms with Gasteiger partial charge in [-0.25, -0.2) is 0 Å². The third-order valence-electron chi connectivity index (χ3n) is 4.25. The van der Waals surface area contributed by atoms with Crippen LogP contribution in [-0.2, 0) is 9.53 Å². The summed E-state index contributed by atoms with van der Waals surface area (Å²) in [5.41, 5.74) is 6.10. The van der Waals surface area contributed by atoms with Gasteiger partial charge in [0.2, 0.25) is 5.91 Å². The first-order valence-corrected chi connectivity index (χ1v) is 7.15. The fourth-order valence-electron chi connectivity index (χ4n) is 2.92. The smallest absolute Gasteiger partial charge is 0.226 e. The summed E-state index contributed by atoms with van der Waals surface area (Å²) in [6.45, 7) is 5.66. The van der Waals surface area contributed by atoms with Gasteiger partial charge in [-0.15, -0.1) is 0 Å². The highest BCUT2D eigenvalue weighted by Gasteiger charge is 2.36. The summed E-state index contributed by atoms with van der Waals surface area (Å²) in [6, 6.07) is 0.101. The average molecular weight is 272 g/mol. The molecule has 4 atom stereocenters. The van der Waals surface area contributed by atoms with Crippen molar-refractivity contribution in [2.45, 2.75) is 32.7 Å². The molecule has 3 N–H and O–H groups in total. The molecule has 0 bridgehead atoms. The van der Waals surface area contributed by atoms with E-state index in [0.717, 1.165) is 12.8 Å². The fraction of sp³-hybridized carbons (Fsp3) is 0.929. The van der Waals surface area contributed by atoms with Crippen molar-refractivity contribution in [1.82, 2.24) is 4.90 Å². The van der Waals surface area contributed by atoms with E-state index in [2.05, 4.69) is 13.8 Å². The van der Waals surface area contributed by atoms with Gasteiger partial charge >= 0.3 is 0 Å². The van der Waals surface area contributed by atoms with Crippen molar-refractivity contribution < 1.29 is 14.6 Å². The molecule has 5 nitrogen and oxygen atoms in total. The minimum atomic E-state index is -0.0189. The van der Waals surface area contributed by atoms with Crippen LogP contribution < -0.4 is 5.73 Å². The number of aliphatic hydroxyl groups excluding tert-OH is 1. The molecule has 0 radical (unpaired) electrons. The predicted octanol–water partition coefficient (Wildman–Crippen LogP) is 0.463. The molecule has 112 valence electrons. The molecule has 1 saturated carbocycles. The van der Waals surface area contributed by atoms with E-state index >= 15 is 0 Å². The minimum absolute atomic E-state index is 0.0149. The first kappa shape index (κ1) is 16.4. The Morgan fingerprint density at radius 2 is 2.00 bits per heavy atom. The van der Waals surface area contributed by atoms with Gasteiger partial charge in [-0.1, -0.05) is 13.8 Å². The maximum atomic E-state index is 12.6. The summed E-state index contributed by atoms with van der Waals surface area (Å²) >= 11 is 0. The summed E-state index contributed by atoms with van der Waals surface area (Å²) in [4.78, 5) is 14.3. The van der Waals surface area contributed by atoms with Crippen molar-refractivity contribution in [1.29, 1.82) is 0 Å².